The van der Waals surface area contributed by atoms with Crippen LogP contribution < -0.4 is 15.5 Å². The first kappa shape index (κ1) is 19.8. The molecule has 0 bridgehead atoms. The maximum absolute atomic E-state index is 14.4. The number of hydrogen-bond donors (Lipinski definition) is 2. The van der Waals surface area contributed by atoms with E-state index in [2.05, 4.69) is 35.7 Å². The highest BCUT2D eigenvalue weighted by atomic mass is 32.2. The van der Waals surface area contributed by atoms with Crippen LogP contribution in [0.25, 0.3) is 0 Å². The Labute approximate surface area is 154 Å². The molecule has 1 aromatic carbocycles. The van der Waals surface area contributed by atoms with Crippen molar-refractivity contribution in [2.24, 2.45) is 4.99 Å². The monoisotopic (exact) mass is 368 g/mol. The lowest BCUT2D eigenvalue weighted by atomic mass is 10.1. The predicted octanol–water partition coefficient (Wildman–Crippen LogP) is 2.47. The second kappa shape index (κ2) is 9.29. The maximum atomic E-state index is 14.4. The van der Waals surface area contributed by atoms with Crippen LogP contribution in [-0.4, -0.2) is 56.9 Å². The number of halogens is 1. The van der Waals surface area contributed by atoms with E-state index in [0.717, 1.165) is 31.2 Å². The van der Waals surface area contributed by atoms with Crippen molar-refractivity contribution in [3.8, 4) is 0 Å². The third kappa shape index (κ3) is 6.08. The molecule has 0 aromatic heterocycles. The average molecular weight is 369 g/mol. The Morgan fingerprint density at radius 1 is 1.32 bits per heavy atom. The predicted molar refractivity (Wildman–Crippen MR) is 105 cm³/mol. The molecule has 1 fully saturated rings. The molecule has 0 amide bonds. The van der Waals surface area contributed by atoms with Crippen LogP contribution >= 0.6 is 11.8 Å². The van der Waals surface area contributed by atoms with Gasteiger partial charge in [0.15, 0.2) is 5.96 Å². The standard InChI is InChI=1S/C18H29FN4OS/c1-18(2,25-4)13-22-17(20-3)21-12-14-5-6-16(15(19)11-14)23-7-9-24-10-8-23/h5-6,11H,7-10,12-13H2,1-4H3,(H2,20,21,22). The number of guanidine groups is 1. The molecule has 7 heteroatoms. The van der Waals surface area contributed by atoms with Gasteiger partial charge in [-0.1, -0.05) is 6.07 Å². The molecule has 0 radical (unpaired) electrons. The molecule has 0 atom stereocenters. The number of nitrogens with one attached hydrogen (secondary N) is 2. The molecule has 0 spiro atoms. The smallest absolute Gasteiger partial charge is 0.191 e. The summed E-state index contributed by atoms with van der Waals surface area (Å²) in [6, 6.07) is 5.40. The molecule has 5 nitrogen and oxygen atoms in total. The van der Waals surface area contributed by atoms with Crippen molar-refractivity contribution < 1.29 is 9.13 Å². The van der Waals surface area contributed by atoms with Crippen molar-refractivity contribution in [1.82, 2.24) is 10.6 Å². The molecular weight excluding hydrogens is 339 g/mol. The van der Waals surface area contributed by atoms with Gasteiger partial charge in [-0.3, -0.25) is 4.99 Å². The summed E-state index contributed by atoms with van der Waals surface area (Å²) >= 11 is 1.80. The minimum absolute atomic E-state index is 0.129. The van der Waals surface area contributed by atoms with Gasteiger partial charge in [0.1, 0.15) is 5.82 Å². The molecule has 1 aliphatic heterocycles. The van der Waals surface area contributed by atoms with Gasteiger partial charge in [-0.25, -0.2) is 4.39 Å². The zero-order chi connectivity index (χ0) is 18.3. The highest BCUT2D eigenvalue weighted by Crippen LogP contribution is 2.22. The van der Waals surface area contributed by atoms with Gasteiger partial charge < -0.3 is 20.3 Å². The SMILES string of the molecule is CN=C(NCc1ccc(N2CCOCC2)c(F)c1)NCC(C)(C)SC. The second-order valence-corrected chi connectivity index (χ2v) is 8.14. The van der Waals surface area contributed by atoms with Crippen molar-refractivity contribution in [2.45, 2.75) is 25.1 Å². The van der Waals surface area contributed by atoms with Gasteiger partial charge in [0.05, 0.1) is 18.9 Å². The summed E-state index contributed by atoms with van der Waals surface area (Å²) in [5, 5.41) is 6.55. The summed E-state index contributed by atoms with van der Waals surface area (Å²) in [7, 11) is 1.74. The van der Waals surface area contributed by atoms with Crippen molar-refractivity contribution in [3.63, 3.8) is 0 Å². The summed E-state index contributed by atoms with van der Waals surface area (Å²) in [6.07, 6.45) is 2.09. The average Bonchev–Trinajstić information content (AvgIpc) is 2.62. The molecule has 2 N–H and O–H groups in total. The molecule has 140 valence electrons. The molecule has 25 heavy (non-hydrogen) atoms. The van der Waals surface area contributed by atoms with E-state index in [9.17, 15) is 4.39 Å². The minimum atomic E-state index is -0.187. The van der Waals surface area contributed by atoms with E-state index in [-0.39, 0.29) is 10.6 Å². The van der Waals surface area contributed by atoms with Crippen LogP contribution in [0.4, 0.5) is 10.1 Å². The summed E-state index contributed by atoms with van der Waals surface area (Å²) in [5.74, 6) is 0.535. The van der Waals surface area contributed by atoms with Crippen LogP contribution in [0.1, 0.15) is 19.4 Å². The molecule has 1 heterocycles. The number of rotatable bonds is 6. The maximum Gasteiger partial charge on any atom is 0.191 e. The molecule has 2 rings (SSSR count). The van der Waals surface area contributed by atoms with E-state index < -0.39 is 0 Å². The number of nitrogens with zero attached hydrogens (tertiary/aromatic N) is 2. The van der Waals surface area contributed by atoms with Crippen molar-refractivity contribution in [3.05, 3.63) is 29.6 Å². The van der Waals surface area contributed by atoms with Crippen molar-refractivity contribution in [2.75, 3.05) is 51.1 Å². The van der Waals surface area contributed by atoms with Gasteiger partial charge in [-0.2, -0.15) is 11.8 Å². The lowest BCUT2D eigenvalue weighted by Gasteiger charge is -2.29. The normalized spacial score (nSPS) is 16.0. The Hall–Kier alpha value is -1.47. The van der Waals surface area contributed by atoms with E-state index in [1.54, 1.807) is 24.9 Å². The van der Waals surface area contributed by atoms with Gasteiger partial charge in [0.25, 0.3) is 0 Å². The van der Waals surface area contributed by atoms with E-state index in [0.29, 0.717) is 25.4 Å². The van der Waals surface area contributed by atoms with Crippen LogP contribution in [-0.2, 0) is 11.3 Å². The summed E-state index contributed by atoms with van der Waals surface area (Å²) < 4.78 is 19.9. The van der Waals surface area contributed by atoms with Gasteiger partial charge in [0, 0.05) is 38.0 Å². The third-order valence-electron chi connectivity index (χ3n) is 4.28. The summed E-state index contributed by atoms with van der Waals surface area (Å²) in [4.78, 5) is 6.25. The second-order valence-electron chi connectivity index (χ2n) is 6.63. The van der Waals surface area contributed by atoms with Crippen molar-refractivity contribution >= 4 is 23.4 Å². The number of morpholine rings is 1. The Balaban J connectivity index is 1.90. The van der Waals surface area contributed by atoms with Crippen LogP contribution in [0.5, 0.6) is 0 Å². The lowest BCUT2D eigenvalue weighted by Crippen LogP contribution is -2.43. The highest BCUT2D eigenvalue weighted by Gasteiger charge is 2.17. The van der Waals surface area contributed by atoms with Gasteiger partial charge in [-0.05, 0) is 37.8 Å². The Kier molecular flexibility index (Phi) is 7.38. The Morgan fingerprint density at radius 2 is 2.04 bits per heavy atom. The zero-order valence-corrected chi connectivity index (χ0v) is 16.4. The van der Waals surface area contributed by atoms with Crippen LogP contribution in [0, 0.1) is 5.82 Å². The van der Waals surface area contributed by atoms with E-state index in [4.69, 9.17) is 4.74 Å². The fraction of sp³-hybridized carbons (Fsp3) is 0.611. The number of benzene rings is 1. The molecule has 0 unspecified atom stereocenters. The third-order valence-corrected chi connectivity index (χ3v) is 5.53. The first-order valence-electron chi connectivity index (χ1n) is 8.56. The Morgan fingerprint density at radius 3 is 2.64 bits per heavy atom. The van der Waals surface area contributed by atoms with Gasteiger partial charge in [-0.15, -0.1) is 0 Å². The quantitative estimate of drug-likeness (QED) is 0.597. The molecule has 1 aliphatic rings. The number of ether oxygens (including phenoxy) is 1. The topological polar surface area (TPSA) is 48.9 Å². The van der Waals surface area contributed by atoms with E-state index >= 15 is 0 Å². The fourth-order valence-corrected chi connectivity index (χ4v) is 2.71. The first-order chi connectivity index (χ1) is 11.9. The summed E-state index contributed by atoms with van der Waals surface area (Å²) in [6.45, 7) is 8.45. The molecule has 0 saturated carbocycles. The number of hydrogen-bond acceptors (Lipinski definition) is 4. The molecule has 1 saturated heterocycles. The highest BCUT2D eigenvalue weighted by molar-refractivity contribution is 7.99. The van der Waals surface area contributed by atoms with Crippen LogP contribution in [0.2, 0.25) is 0 Å². The van der Waals surface area contributed by atoms with E-state index in [1.807, 2.05) is 17.0 Å². The molecule has 0 aliphatic carbocycles. The largest absolute Gasteiger partial charge is 0.378 e. The van der Waals surface area contributed by atoms with Gasteiger partial charge in [0.2, 0.25) is 0 Å². The number of anilines is 1. The molecule has 1 aromatic rings. The first-order valence-corrected chi connectivity index (χ1v) is 9.78. The number of aliphatic imine (C=N–C) groups is 1. The lowest BCUT2D eigenvalue weighted by molar-refractivity contribution is 0.122. The minimum Gasteiger partial charge on any atom is -0.378 e. The van der Waals surface area contributed by atoms with E-state index in [1.165, 1.54) is 0 Å². The van der Waals surface area contributed by atoms with Crippen LogP contribution in [0.15, 0.2) is 23.2 Å². The Bertz CT molecular complexity index is 588. The number of thioether (sulfide) groups is 1. The fourth-order valence-electron chi connectivity index (χ4n) is 2.50. The summed E-state index contributed by atoms with van der Waals surface area (Å²) in [5.41, 5.74) is 1.54. The van der Waals surface area contributed by atoms with Crippen LogP contribution in [0.3, 0.4) is 0 Å². The van der Waals surface area contributed by atoms with Crippen molar-refractivity contribution in [1.29, 1.82) is 0 Å². The van der Waals surface area contributed by atoms with Gasteiger partial charge >= 0.3 is 0 Å². The zero-order valence-electron chi connectivity index (χ0n) is 15.6. The molecular formula is C18H29FN4OS.